The van der Waals surface area contributed by atoms with Gasteiger partial charge >= 0.3 is 0 Å². The number of aryl methyl sites for hydroxylation is 1. The van der Waals surface area contributed by atoms with Crippen LogP contribution in [0.4, 0.5) is 5.95 Å². The molecule has 0 spiro atoms. The summed E-state index contributed by atoms with van der Waals surface area (Å²) in [4.78, 5) is 15.8. The first kappa shape index (κ1) is 14.4. The predicted molar refractivity (Wildman–Crippen MR) is 78.1 cm³/mol. The van der Waals surface area contributed by atoms with E-state index in [1.54, 1.807) is 0 Å². The third kappa shape index (κ3) is 4.27. The highest BCUT2D eigenvalue weighted by molar-refractivity contribution is 7.99. The fourth-order valence-electron chi connectivity index (χ4n) is 1.52. The van der Waals surface area contributed by atoms with Gasteiger partial charge in [-0.3, -0.25) is 10.1 Å². The Morgan fingerprint density at radius 3 is 3.10 bits per heavy atom. The van der Waals surface area contributed by atoms with Gasteiger partial charge in [0.25, 0.3) is 5.91 Å². The van der Waals surface area contributed by atoms with Crippen molar-refractivity contribution in [3.05, 3.63) is 29.8 Å². The first-order valence-corrected chi connectivity index (χ1v) is 7.20. The van der Waals surface area contributed by atoms with Crippen LogP contribution in [0.5, 0.6) is 5.75 Å². The molecule has 6 nitrogen and oxygen atoms in total. The van der Waals surface area contributed by atoms with Crippen molar-refractivity contribution in [2.75, 3.05) is 17.7 Å². The van der Waals surface area contributed by atoms with Gasteiger partial charge in [-0.05, 0) is 30.4 Å². The zero-order valence-corrected chi connectivity index (χ0v) is 12.2. The Bertz CT molecular complexity index is 585. The summed E-state index contributed by atoms with van der Waals surface area (Å²) in [6.45, 7) is 3.91. The number of amides is 1. The highest BCUT2D eigenvalue weighted by Gasteiger charge is 2.08. The number of thioether (sulfide) groups is 1. The van der Waals surface area contributed by atoms with Crippen LogP contribution >= 0.6 is 11.8 Å². The van der Waals surface area contributed by atoms with Crippen molar-refractivity contribution >= 4 is 23.6 Å². The standard InChI is InChI=1S/C13H16N4O2S/c1-3-20-13-15-12(16-17-13)14-11(18)8-19-10-6-4-5-9(2)7-10/h4-7H,3,8H2,1-2H3,(H2,14,15,16,17,18). The van der Waals surface area contributed by atoms with Gasteiger partial charge in [0.05, 0.1) is 0 Å². The van der Waals surface area contributed by atoms with E-state index in [4.69, 9.17) is 4.74 Å². The quantitative estimate of drug-likeness (QED) is 0.798. The number of aromatic amines is 1. The number of nitrogens with one attached hydrogen (secondary N) is 2. The molecular weight excluding hydrogens is 276 g/mol. The van der Waals surface area contributed by atoms with Crippen LogP contribution in [0, 0.1) is 6.92 Å². The molecular formula is C13H16N4O2S. The van der Waals surface area contributed by atoms with Crippen molar-refractivity contribution in [3.63, 3.8) is 0 Å². The third-order valence-corrected chi connectivity index (χ3v) is 3.09. The maximum Gasteiger partial charge on any atom is 0.264 e. The zero-order chi connectivity index (χ0) is 14.4. The number of ether oxygens (including phenoxy) is 1. The van der Waals surface area contributed by atoms with Gasteiger partial charge in [0.15, 0.2) is 6.61 Å². The molecule has 0 bridgehead atoms. The first-order valence-electron chi connectivity index (χ1n) is 6.22. The molecule has 2 rings (SSSR count). The van der Waals surface area contributed by atoms with Crippen LogP contribution in [0.15, 0.2) is 29.4 Å². The smallest absolute Gasteiger partial charge is 0.264 e. The summed E-state index contributed by atoms with van der Waals surface area (Å²) < 4.78 is 5.40. The third-order valence-electron chi connectivity index (χ3n) is 2.36. The van der Waals surface area contributed by atoms with E-state index in [2.05, 4.69) is 20.5 Å². The minimum Gasteiger partial charge on any atom is -0.484 e. The Kier molecular flexibility index (Phi) is 5.00. The van der Waals surface area contributed by atoms with E-state index in [0.717, 1.165) is 11.3 Å². The van der Waals surface area contributed by atoms with Gasteiger partial charge in [-0.15, -0.1) is 5.10 Å². The van der Waals surface area contributed by atoms with Crippen molar-refractivity contribution < 1.29 is 9.53 Å². The maximum atomic E-state index is 11.7. The normalized spacial score (nSPS) is 10.3. The average molecular weight is 292 g/mol. The van der Waals surface area contributed by atoms with Crippen LogP contribution < -0.4 is 10.1 Å². The minimum atomic E-state index is -0.282. The number of rotatable bonds is 6. The molecule has 1 amide bonds. The molecule has 1 aromatic heterocycles. The molecule has 0 aliphatic heterocycles. The van der Waals surface area contributed by atoms with Crippen molar-refractivity contribution in [2.24, 2.45) is 0 Å². The predicted octanol–water partition coefficient (Wildman–Crippen LogP) is 2.24. The molecule has 7 heteroatoms. The van der Waals surface area contributed by atoms with Gasteiger partial charge in [0.2, 0.25) is 11.1 Å². The van der Waals surface area contributed by atoms with E-state index < -0.39 is 0 Å². The van der Waals surface area contributed by atoms with Crippen LogP contribution in [-0.4, -0.2) is 33.4 Å². The lowest BCUT2D eigenvalue weighted by molar-refractivity contribution is -0.118. The molecule has 0 unspecified atom stereocenters. The Morgan fingerprint density at radius 1 is 1.50 bits per heavy atom. The largest absolute Gasteiger partial charge is 0.484 e. The number of benzene rings is 1. The highest BCUT2D eigenvalue weighted by atomic mass is 32.2. The average Bonchev–Trinajstić information content (AvgIpc) is 2.84. The summed E-state index contributed by atoms with van der Waals surface area (Å²) in [6, 6.07) is 7.53. The topological polar surface area (TPSA) is 79.9 Å². The van der Waals surface area contributed by atoms with Gasteiger partial charge in [-0.1, -0.05) is 30.8 Å². The summed E-state index contributed by atoms with van der Waals surface area (Å²) in [5.41, 5.74) is 1.08. The summed E-state index contributed by atoms with van der Waals surface area (Å²) >= 11 is 1.50. The van der Waals surface area contributed by atoms with Gasteiger partial charge in [-0.25, -0.2) is 5.10 Å². The fraction of sp³-hybridized carbons (Fsp3) is 0.308. The van der Waals surface area contributed by atoms with Crippen molar-refractivity contribution in [2.45, 2.75) is 19.0 Å². The lowest BCUT2D eigenvalue weighted by atomic mass is 10.2. The number of hydrogen-bond acceptors (Lipinski definition) is 5. The number of carbonyl (C=O) groups excluding carboxylic acids is 1. The molecule has 106 valence electrons. The molecule has 0 fully saturated rings. The van der Waals surface area contributed by atoms with Crippen LogP contribution in [0.1, 0.15) is 12.5 Å². The Labute approximate surface area is 121 Å². The number of H-pyrrole nitrogens is 1. The first-order chi connectivity index (χ1) is 9.67. The lowest BCUT2D eigenvalue weighted by Gasteiger charge is -2.06. The van der Waals surface area contributed by atoms with Crippen LogP contribution in [-0.2, 0) is 4.79 Å². The fourth-order valence-corrected chi connectivity index (χ4v) is 2.04. The Morgan fingerprint density at radius 2 is 2.35 bits per heavy atom. The molecule has 1 heterocycles. The summed E-state index contributed by atoms with van der Waals surface area (Å²) in [5.74, 6) is 1.59. The van der Waals surface area contributed by atoms with E-state index in [-0.39, 0.29) is 12.5 Å². The number of anilines is 1. The second-order valence-corrected chi connectivity index (χ2v) is 5.28. The van der Waals surface area contributed by atoms with E-state index in [0.29, 0.717) is 16.9 Å². The van der Waals surface area contributed by atoms with Gasteiger partial charge < -0.3 is 4.74 Å². The second kappa shape index (κ2) is 6.95. The van der Waals surface area contributed by atoms with Gasteiger partial charge in [-0.2, -0.15) is 4.98 Å². The number of aromatic nitrogens is 3. The zero-order valence-electron chi connectivity index (χ0n) is 11.3. The van der Waals surface area contributed by atoms with Crippen LogP contribution in [0.2, 0.25) is 0 Å². The molecule has 0 aliphatic carbocycles. The molecule has 2 aromatic rings. The minimum absolute atomic E-state index is 0.0690. The van der Waals surface area contributed by atoms with Crippen LogP contribution in [0.3, 0.4) is 0 Å². The SMILES string of the molecule is CCSc1n[nH]c(NC(=O)COc2cccc(C)c2)n1. The van der Waals surface area contributed by atoms with E-state index in [9.17, 15) is 4.79 Å². The molecule has 0 aliphatic rings. The summed E-state index contributed by atoms with van der Waals surface area (Å²) in [5, 5.41) is 9.83. The van der Waals surface area contributed by atoms with Gasteiger partial charge in [0, 0.05) is 0 Å². The second-order valence-electron chi connectivity index (χ2n) is 4.05. The van der Waals surface area contributed by atoms with E-state index >= 15 is 0 Å². The van der Waals surface area contributed by atoms with Crippen molar-refractivity contribution in [3.8, 4) is 5.75 Å². The monoisotopic (exact) mass is 292 g/mol. The highest BCUT2D eigenvalue weighted by Crippen LogP contribution is 2.14. The molecule has 0 saturated carbocycles. The lowest BCUT2D eigenvalue weighted by Crippen LogP contribution is -2.20. The number of nitrogens with zero attached hydrogens (tertiary/aromatic N) is 2. The summed E-state index contributed by atoms with van der Waals surface area (Å²) in [6.07, 6.45) is 0. The molecule has 0 radical (unpaired) electrons. The maximum absolute atomic E-state index is 11.7. The summed E-state index contributed by atoms with van der Waals surface area (Å²) in [7, 11) is 0. The number of hydrogen-bond donors (Lipinski definition) is 2. The molecule has 20 heavy (non-hydrogen) atoms. The van der Waals surface area contributed by atoms with Crippen molar-refractivity contribution in [1.82, 2.24) is 15.2 Å². The number of carbonyl (C=O) groups is 1. The van der Waals surface area contributed by atoms with E-state index in [1.807, 2.05) is 38.1 Å². The molecule has 1 aromatic carbocycles. The molecule has 2 N–H and O–H groups in total. The molecule has 0 saturated heterocycles. The van der Waals surface area contributed by atoms with Crippen molar-refractivity contribution in [1.29, 1.82) is 0 Å². The van der Waals surface area contributed by atoms with Crippen LogP contribution in [0.25, 0.3) is 0 Å². The Balaban J connectivity index is 1.82. The van der Waals surface area contributed by atoms with E-state index in [1.165, 1.54) is 11.8 Å². The Hall–Kier alpha value is -2.02. The molecule has 0 atom stereocenters. The van der Waals surface area contributed by atoms with Gasteiger partial charge in [0.1, 0.15) is 5.75 Å².